The molecule has 5 heteroatoms. The van der Waals surface area contributed by atoms with Crippen molar-refractivity contribution in [1.82, 2.24) is 20.0 Å². The van der Waals surface area contributed by atoms with Gasteiger partial charge >= 0.3 is 0 Å². The molecule has 1 aromatic heterocycles. The smallest absolute Gasteiger partial charge is 0.220 e. The molecule has 0 aliphatic carbocycles. The van der Waals surface area contributed by atoms with Gasteiger partial charge in [-0.1, -0.05) is 6.92 Å². The van der Waals surface area contributed by atoms with Gasteiger partial charge in [0.05, 0.1) is 12.2 Å². The van der Waals surface area contributed by atoms with E-state index in [9.17, 15) is 4.79 Å². The van der Waals surface area contributed by atoms with Crippen LogP contribution in [0.1, 0.15) is 58.1 Å². The van der Waals surface area contributed by atoms with Crippen LogP contribution in [-0.4, -0.2) is 39.7 Å². The lowest BCUT2D eigenvalue weighted by molar-refractivity contribution is -0.123. The Morgan fingerprint density at radius 1 is 1.41 bits per heavy atom. The van der Waals surface area contributed by atoms with Crippen LogP contribution in [0.4, 0.5) is 0 Å². The Morgan fingerprint density at radius 2 is 2.09 bits per heavy atom. The fourth-order valence-corrected chi connectivity index (χ4v) is 3.23. The molecule has 22 heavy (non-hydrogen) atoms. The first-order valence-electron chi connectivity index (χ1n) is 8.51. The first-order valence-corrected chi connectivity index (χ1v) is 8.51. The molecule has 1 saturated heterocycles. The number of carbonyl (C=O) groups excluding carboxylic acids is 1. The van der Waals surface area contributed by atoms with Gasteiger partial charge in [0, 0.05) is 31.3 Å². The van der Waals surface area contributed by atoms with Crippen LogP contribution in [0.2, 0.25) is 0 Å². The first-order chi connectivity index (χ1) is 10.5. The monoisotopic (exact) mass is 306 g/mol. The lowest BCUT2D eigenvalue weighted by atomic mass is 9.92. The molecule has 1 amide bonds. The number of aromatic nitrogens is 2. The number of piperidine rings is 1. The van der Waals surface area contributed by atoms with Gasteiger partial charge in [-0.25, -0.2) is 0 Å². The molecule has 1 aliphatic rings. The maximum Gasteiger partial charge on any atom is 0.220 e. The zero-order valence-electron chi connectivity index (χ0n) is 14.4. The van der Waals surface area contributed by atoms with Gasteiger partial charge in [0.2, 0.25) is 5.91 Å². The van der Waals surface area contributed by atoms with Crippen molar-refractivity contribution in [2.75, 3.05) is 13.1 Å². The molecule has 1 aromatic rings. The third kappa shape index (κ3) is 4.57. The van der Waals surface area contributed by atoms with Crippen molar-refractivity contribution in [3.05, 3.63) is 18.0 Å². The fourth-order valence-electron chi connectivity index (χ4n) is 3.23. The van der Waals surface area contributed by atoms with Gasteiger partial charge in [-0.3, -0.25) is 9.48 Å². The van der Waals surface area contributed by atoms with E-state index in [2.05, 4.69) is 36.1 Å². The van der Waals surface area contributed by atoms with Crippen molar-refractivity contribution in [2.24, 2.45) is 13.0 Å². The van der Waals surface area contributed by atoms with Crippen LogP contribution in [0.3, 0.4) is 0 Å². The molecule has 0 unspecified atom stereocenters. The number of aryl methyl sites for hydroxylation is 1. The summed E-state index contributed by atoms with van der Waals surface area (Å²) in [6.45, 7) is 8.82. The molecule has 2 rings (SSSR count). The molecule has 1 aliphatic heterocycles. The molecule has 5 nitrogen and oxygen atoms in total. The summed E-state index contributed by atoms with van der Waals surface area (Å²) in [7, 11) is 1.90. The summed E-state index contributed by atoms with van der Waals surface area (Å²) in [5.74, 6) is 0.708. The van der Waals surface area contributed by atoms with E-state index in [1.807, 2.05) is 19.4 Å². The van der Waals surface area contributed by atoms with E-state index in [1.54, 1.807) is 4.68 Å². The number of amides is 1. The summed E-state index contributed by atoms with van der Waals surface area (Å²) in [5, 5.41) is 7.36. The Hall–Kier alpha value is -1.36. The maximum absolute atomic E-state index is 12.3. The van der Waals surface area contributed by atoms with Gasteiger partial charge in [0.1, 0.15) is 0 Å². The second-order valence-corrected chi connectivity index (χ2v) is 6.75. The van der Waals surface area contributed by atoms with Crippen molar-refractivity contribution in [3.8, 4) is 0 Å². The van der Waals surface area contributed by atoms with Gasteiger partial charge in [-0.2, -0.15) is 5.10 Å². The molecule has 0 spiro atoms. The van der Waals surface area contributed by atoms with Gasteiger partial charge in [0.15, 0.2) is 0 Å². The number of hydrogen-bond donors (Lipinski definition) is 1. The topological polar surface area (TPSA) is 50.2 Å². The maximum atomic E-state index is 12.3. The molecule has 1 N–H and O–H groups in total. The highest BCUT2D eigenvalue weighted by Gasteiger charge is 2.23. The van der Waals surface area contributed by atoms with Crippen molar-refractivity contribution in [2.45, 2.75) is 58.5 Å². The average molecular weight is 306 g/mol. The minimum absolute atomic E-state index is 0.0805. The molecule has 1 fully saturated rings. The SMILES string of the molecule is CC[C@@H](NC(=O)CC1CCN(C(C)C)CC1)c1cnn(C)c1. The molecule has 0 aromatic carbocycles. The molecule has 124 valence electrons. The summed E-state index contributed by atoms with van der Waals surface area (Å²) in [6.07, 6.45) is 7.64. The van der Waals surface area contributed by atoms with E-state index < -0.39 is 0 Å². The van der Waals surface area contributed by atoms with Crippen molar-refractivity contribution in [3.63, 3.8) is 0 Å². The summed E-state index contributed by atoms with van der Waals surface area (Å²) in [6, 6.07) is 0.696. The molecule has 2 heterocycles. The second kappa shape index (κ2) is 7.77. The lowest BCUT2D eigenvalue weighted by Crippen LogP contribution is -2.40. The summed E-state index contributed by atoms with van der Waals surface area (Å²) >= 11 is 0. The number of carbonyl (C=O) groups is 1. The Labute approximate surface area is 134 Å². The van der Waals surface area contributed by atoms with Crippen LogP contribution >= 0.6 is 0 Å². The lowest BCUT2D eigenvalue weighted by Gasteiger charge is -2.34. The highest BCUT2D eigenvalue weighted by Crippen LogP contribution is 2.23. The van der Waals surface area contributed by atoms with Crippen LogP contribution in [0.25, 0.3) is 0 Å². The van der Waals surface area contributed by atoms with Crippen molar-refractivity contribution < 1.29 is 4.79 Å². The van der Waals surface area contributed by atoms with Gasteiger partial charge in [-0.15, -0.1) is 0 Å². The van der Waals surface area contributed by atoms with Crippen LogP contribution in [0, 0.1) is 5.92 Å². The Balaban J connectivity index is 1.80. The van der Waals surface area contributed by atoms with Crippen molar-refractivity contribution >= 4 is 5.91 Å². The highest BCUT2D eigenvalue weighted by atomic mass is 16.1. The van der Waals surface area contributed by atoms with Crippen molar-refractivity contribution in [1.29, 1.82) is 0 Å². The fraction of sp³-hybridized carbons (Fsp3) is 0.765. The molecule has 0 bridgehead atoms. The largest absolute Gasteiger partial charge is 0.349 e. The number of likely N-dealkylation sites (tertiary alicyclic amines) is 1. The predicted octanol–water partition coefficient (Wildman–Crippen LogP) is 2.50. The van der Waals surface area contributed by atoms with Crippen LogP contribution in [0.5, 0.6) is 0 Å². The van der Waals surface area contributed by atoms with Gasteiger partial charge in [0.25, 0.3) is 0 Å². The van der Waals surface area contributed by atoms with E-state index in [0.29, 0.717) is 18.4 Å². The molecule has 1 atom stereocenters. The predicted molar refractivity (Wildman–Crippen MR) is 88.4 cm³/mol. The average Bonchev–Trinajstić information content (AvgIpc) is 2.91. The quantitative estimate of drug-likeness (QED) is 0.878. The number of nitrogens with one attached hydrogen (secondary N) is 1. The summed E-state index contributed by atoms with van der Waals surface area (Å²) < 4.78 is 1.78. The third-order valence-corrected chi connectivity index (χ3v) is 4.72. The van der Waals surface area contributed by atoms with Crippen LogP contribution < -0.4 is 5.32 Å². The minimum atomic E-state index is 0.0805. The number of rotatable bonds is 6. The Morgan fingerprint density at radius 3 is 2.59 bits per heavy atom. The standard InChI is InChI=1S/C17H30N4O/c1-5-16(15-11-18-20(4)12-15)19-17(22)10-14-6-8-21(9-7-14)13(2)3/h11-14,16H,5-10H2,1-4H3,(H,19,22)/t16-/m1/s1. The van der Waals surface area contributed by atoms with E-state index in [-0.39, 0.29) is 11.9 Å². The zero-order chi connectivity index (χ0) is 16.1. The number of nitrogens with zero attached hydrogens (tertiary/aromatic N) is 3. The van der Waals surface area contributed by atoms with Gasteiger partial charge in [-0.05, 0) is 52.1 Å². The normalized spacial score (nSPS) is 18.6. The van der Waals surface area contributed by atoms with E-state index in [4.69, 9.17) is 0 Å². The summed E-state index contributed by atoms with van der Waals surface area (Å²) in [4.78, 5) is 14.8. The van der Waals surface area contributed by atoms with E-state index in [0.717, 1.165) is 37.9 Å². The minimum Gasteiger partial charge on any atom is -0.349 e. The van der Waals surface area contributed by atoms with Crippen LogP contribution in [-0.2, 0) is 11.8 Å². The van der Waals surface area contributed by atoms with Crippen LogP contribution in [0.15, 0.2) is 12.4 Å². The molecule has 0 radical (unpaired) electrons. The molecular weight excluding hydrogens is 276 g/mol. The first kappa shape index (κ1) is 17.0. The third-order valence-electron chi connectivity index (χ3n) is 4.72. The van der Waals surface area contributed by atoms with E-state index in [1.165, 1.54) is 0 Å². The zero-order valence-corrected chi connectivity index (χ0v) is 14.4. The Kier molecular flexibility index (Phi) is 6.00. The second-order valence-electron chi connectivity index (χ2n) is 6.75. The molecular formula is C17H30N4O. The van der Waals surface area contributed by atoms with E-state index >= 15 is 0 Å². The number of hydrogen-bond acceptors (Lipinski definition) is 3. The molecule has 0 saturated carbocycles. The van der Waals surface area contributed by atoms with Gasteiger partial charge < -0.3 is 10.2 Å². The Bertz CT molecular complexity index is 475. The highest BCUT2D eigenvalue weighted by molar-refractivity contribution is 5.76. The summed E-state index contributed by atoms with van der Waals surface area (Å²) in [5.41, 5.74) is 1.09.